The molecule has 0 atom stereocenters. The number of amides is 1. The maximum absolute atomic E-state index is 12.1. The van der Waals surface area contributed by atoms with E-state index in [-0.39, 0.29) is 29.3 Å². The van der Waals surface area contributed by atoms with Gasteiger partial charge in [0.1, 0.15) is 6.54 Å². The van der Waals surface area contributed by atoms with E-state index in [1.807, 2.05) is 6.92 Å². The Labute approximate surface area is 138 Å². The van der Waals surface area contributed by atoms with Crippen molar-refractivity contribution in [2.75, 3.05) is 19.5 Å². The molecule has 126 valence electrons. The molecule has 1 amide bonds. The molecule has 0 aliphatic carbocycles. The highest BCUT2D eigenvalue weighted by Gasteiger charge is 2.15. The number of nitrogens with zero attached hydrogens (tertiary/aromatic N) is 2. The highest BCUT2D eigenvalue weighted by Crippen LogP contribution is 2.17. The highest BCUT2D eigenvalue weighted by atomic mass is 16.5. The SMILES string of the molecule is COC(=O)c1cc(NC(=O)Cn2nccc2C)cc(C(=O)OC)c1. The molecular formula is C16H17N3O5. The first-order valence-electron chi connectivity index (χ1n) is 7.04. The van der Waals surface area contributed by atoms with Crippen LogP contribution in [0, 0.1) is 6.92 Å². The topological polar surface area (TPSA) is 99.5 Å². The van der Waals surface area contributed by atoms with Gasteiger partial charge in [0.05, 0.1) is 25.3 Å². The summed E-state index contributed by atoms with van der Waals surface area (Å²) in [7, 11) is 2.46. The van der Waals surface area contributed by atoms with Gasteiger partial charge < -0.3 is 14.8 Å². The van der Waals surface area contributed by atoms with Crippen LogP contribution >= 0.6 is 0 Å². The molecule has 0 bridgehead atoms. The number of carbonyl (C=O) groups is 3. The van der Waals surface area contributed by atoms with E-state index in [1.54, 1.807) is 12.3 Å². The minimum Gasteiger partial charge on any atom is -0.465 e. The number of aromatic nitrogens is 2. The Morgan fingerprint density at radius 2 is 1.67 bits per heavy atom. The van der Waals surface area contributed by atoms with Crippen LogP contribution < -0.4 is 5.32 Å². The van der Waals surface area contributed by atoms with Crippen molar-refractivity contribution in [2.45, 2.75) is 13.5 Å². The number of anilines is 1. The number of rotatable bonds is 5. The Bertz CT molecular complexity index is 748. The Hall–Kier alpha value is -3.16. The Kier molecular flexibility index (Phi) is 5.31. The van der Waals surface area contributed by atoms with Gasteiger partial charge in [0.15, 0.2) is 0 Å². The smallest absolute Gasteiger partial charge is 0.337 e. The first-order valence-corrected chi connectivity index (χ1v) is 7.04. The summed E-state index contributed by atoms with van der Waals surface area (Å²) in [6.45, 7) is 1.84. The average Bonchev–Trinajstić information content (AvgIpc) is 2.97. The van der Waals surface area contributed by atoms with Crippen molar-refractivity contribution in [1.29, 1.82) is 0 Å². The minimum atomic E-state index is -0.626. The van der Waals surface area contributed by atoms with Crippen LogP contribution in [0.1, 0.15) is 26.4 Å². The molecule has 1 aromatic heterocycles. The largest absolute Gasteiger partial charge is 0.465 e. The molecule has 0 fully saturated rings. The maximum Gasteiger partial charge on any atom is 0.337 e. The second-order valence-corrected chi connectivity index (χ2v) is 4.96. The third-order valence-electron chi connectivity index (χ3n) is 3.28. The zero-order valence-electron chi connectivity index (χ0n) is 13.5. The van der Waals surface area contributed by atoms with Gasteiger partial charge in [0, 0.05) is 17.6 Å². The maximum atomic E-state index is 12.1. The fourth-order valence-corrected chi connectivity index (χ4v) is 2.07. The van der Waals surface area contributed by atoms with E-state index >= 15 is 0 Å². The molecule has 8 heteroatoms. The van der Waals surface area contributed by atoms with Crippen LogP contribution in [-0.4, -0.2) is 41.8 Å². The predicted octanol–water partition coefficient (Wildman–Crippen LogP) is 1.40. The van der Waals surface area contributed by atoms with Gasteiger partial charge in [-0.05, 0) is 31.2 Å². The normalized spacial score (nSPS) is 10.1. The van der Waals surface area contributed by atoms with Crippen LogP contribution in [0.2, 0.25) is 0 Å². The fourth-order valence-electron chi connectivity index (χ4n) is 2.07. The van der Waals surface area contributed by atoms with Crippen molar-refractivity contribution >= 4 is 23.5 Å². The Morgan fingerprint density at radius 3 is 2.12 bits per heavy atom. The number of nitrogens with one attached hydrogen (secondary N) is 1. The van der Waals surface area contributed by atoms with Gasteiger partial charge in [-0.3, -0.25) is 9.48 Å². The Balaban J connectivity index is 2.24. The van der Waals surface area contributed by atoms with Gasteiger partial charge in [-0.15, -0.1) is 0 Å². The molecule has 0 unspecified atom stereocenters. The number of ether oxygens (including phenoxy) is 2. The molecule has 0 aliphatic heterocycles. The number of carbonyl (C=O) groups excluding carboxylic acids is 3. The molecule has 0 spiro atoms. The molecule has 2 rings (SSSR count). The van der Waals surface area contributed by atoms with Crippen LogP contribution in [0.3, 0.4) is 0 Å². The van der Waals surface area contributed by atoms with Gasteiger partial charge in [-0.25, -0.2) is 9.59 Å². The third kappa shape index (κ3) is 3.97. The molecule has 0 saturated heterocycles. The average molecular weight is 331 g/mol. The molecule has 1 aromatic carbocycles. The number of esters is 2. The van der Waals surface area contributed by atoms with E-state index < -0.39 is 11.9 Å². The molecule has 24 heavy (non-hydrogen) atoms. The van der Waals surface area contributed by atoms with E-state index in [4.69, 9.17) is 0 Å². The standard InChI is InChI=1S/C16H17N3O5/c1-10-4-5-17-19(10)9-14(20)18-13-7-11(15(21)23-2)6-12(8-13)16(22)24-3/h4-8H,9H2,1-3H3,(H,18,20). The van der Waals surface area contributed by atoms with Crippen LogP contribution in [0.15, 0.2) is 30.5 Å². The molecule has 1 N–H and O–H groups in total. The van der Waals surface area contributed by atoms with Crippen molar-refractivity contribution in [2.24, 2.45) is 0 Å². The van der Waals surface area contributed by atoms with E-state index in [0.717, 1.165) is 5.69 Å². The summed E-state index contributed by atoms with van der Waals surface area (Å²) in [4.78, 5) is 35.6. The summed E-state index contributed by atoms with van der Waals surface area (Å²) in [5.41, 5.74) is 1.38. The lowest BCUT2D eigenvalue weighted by Gasteiger charge is -2.10. The summed E-state index contributed by atoms with van der Waals surface area (Å²) < 4.78 is 10.8. The lowest BCUT2D eigenvalue weighted by Crippen LogP contribution is -2.20. The van der Waals surface area contributed by atoms with Gasteiger partial charge in [0.2, 0.25) is 5.91 Å². The molecular weight excluding hydrogens is 314 g/mol. The van der Waals surface area contributed by atoms with E-state index in [0.29, 0.717) is 0 Å². The van der Waals surface area contributed by atoms with Gasteiger partial charge >= 0.3 is 11.9 Å². The number of methoxy groups -OCH3 is 2. The molecule has 1 heterocycles. The van der Waals surface area contributed by atoms with Crippen molar-refractivity contribution < 1.29 is 23.9 Å². The van der Waals surface area contributed by atoms with Crippen molar-refractivity contribution in [3.63, 3.8) is 0 Å². The summed E-state index contributed by atoms with van der Waals surface area (Å²) >= 11 is 0. The molecule has 2 aromatic rings. The van der Waals surface area contributed by atoms with Gasteiger partial charge in [-0.2, -0.15) is 5.10 Å². The van der Waals surface area contributed by atoms with Crippen molar-refractivity contribution in [3.8, 4) is 0 Å². The third-order valence-corrected chi connectivity index (χ3v) is 3.28. The van der Waals surface area contributed by atoms with Gasteiger partial charge in [0.25, 0.3) is 0 Å². The first kappa shape index (κ1) is 17.2. The quantitative estimate of drug-likeness (QED) is 0.832. The molecule has 0 radical (unpaired) electrons. The van der Waals surface area contributed by atoms with E-state index in [1.165, 1.54) is 37.1 Å². The second kappa shape index (κ2) is 7.40. The number of hydrogen-bond donors (Lipinski definition) is 1. The zero-order valence-corrected chi connectivity index (χ0v) is 13.5. The summed E-state index contributed by atoms with van der Waals surface area (Å²) in [6, 6.07) is 5.96. The number of benzene rings is 1. The molecule has 8 nitrogen and oxygen atoms in total. The van der Waals surface area contributed by atoms with Crippen molar-refractivity contribution in [1.82, 2.24) is 9.78 Å². The van der Waals surface area contributed by atoms with Crippen LogP contribution in [0.25, 0.3) is 0 Å². The minimum absolute atomic E-state index is 0.00877. The van der Waals surface area contributed by atoms with Crippen molar-refractivity contribution in [3.05, 3.63) is 47.3 Å². The summed E-state index contributed by atoms with van der Waals surface area (Å²) in [5.74, 6) is -1.60. The fraction of sp³-hybridized carbons (Fsp3) is 0.250. The number of aryl methyl sites for hydroxylation is 1. The predicted molar refractivity (Wildman–Crippen MR) is 84.7 cm³/mol. The van der Waals surface area contributed by atoms with Gasteiger partial charge in [-0.1, -0.05) is 0 Å². The zero-order chi connectivity index (χ0) is 17.7. The highest BCUT2D eigenvalue weighted by molar-refractivity contribution is 5.99. The lowest BCUT2D eigenvalue weighted by atomic mass is 10.1. The lowest BCUT2D eigenvalue weighted by molar-refractivity contribution is -0.116. The van der Waals surface area contributed by atoms with Crippen LogP contribution in [0.4, 0.5) is 5.69 Å². The second-order valence-electron chi connectivity index (χ2n) is 4.96. The Morgan fingerprint density at radius 1 is 1.08 bits per heavy atom. The summed E-state index contributed by atoms with van der Waals surface area (Å²) in [6.07, 6.45) is 1.59. The van der Waals surface area contributed by atoms with E-state index in [9.17, 15) is 14.4 Å². The van der Waals surface area contributed by atoms with Crippen LogP contribution in [0.5, 0.6) is 0 Å². The molecule has 0 saturated carbocycles. The summed E-state index contributed by atoms with van der Waals surface area (Å²) in [5, 5.41) is 6.65. The number of hydrogen-bond acceptors (Lipinski definition) is 6. The van der Waals surface area contributed by atoms with E-state index in [2.05, 4.69) is 19.9 Å². The molecule has 0 aliphatic rings. The monoisotopic (exact) mass is 331 g/mol. The van der Waals surface area contributed by atoms with Crippen LogP contribution in [-0.2, 0) is 20.8 Å². The first-order chi connectivity index (χ1) is 11.4.